The molecule has 0 unspecified atom stereocenters. The smallest absolute Gasteiger partial charge is 0.335 e. The number of carboxylic acid groups (broad SMARTS) is 1. The maximum absolute atomic E-state index is 12.0. The fourth-order valence-corrected chi connectivity index (χ4v) is 1.93. The Kier molecular flexibility index (Phi) is 4.32. The van der Waals surface area contributed by atoms with Gasteiger partial charge in [0.1, 0.15) is 0 Å². The number of amides is 1. The monoisotopic (exact) mass is 280 g/mol. The summed E-state index contributed by atoms with van der Waals surface area (Å²) in [5, 5.41) is 20.5. The first-order valence-corrected chi connectivity index (χ1v) is 6.21. The number of aromatic carboxylic acids is 1. The summed E-state index contributed by atoms with van der Waals surface area (Å²) >= 11 is 0. The third kappa shape index (κ3) is 3.67. The molecule has 2 rings (SSSR count). The molecule has 2 aromatic carbocycles. The molecule has 21 heavy (non-hydrogen) atoms. The normalized spacial score (nSPS) is 9.67. The van der Waals surface area contributed by atoms with Crippen molar-refractivity contribution in [2.24, 2.45) is 0 Å². The molecule has 2 N–H and O–H groups in total. The number of nitrogens with one attached hydrogen (secondary N) is 1. The summed E-state index contributed by atoms with van der Waals surface area (Å²) < 4.78 is 0. The molecule has 0 saturated heterocycles. The van der Waals surface area contributed by atoms with E-state index in [1.165, 1.54) is 6.07 Å². The van der Waals surface area contributed by atoms with Crippen LogP contribution in [0, 0.1) is 11.3 Å². The van der Waals surface area contributed by atoms with Crippen molar-refractivity contribution in [2.75, 3.05) is 5.32 Å². The first-order valence-electron chi connectivity index (χ1n) is 6.21. The van der Waals surface area contributed by atoms with E-state index in [2.05, 4.69) is 5.32 Å². The van der Waals surface area contributed by atoms with Crippen LogP contribution >= 0.6 is 0 Å². The van der Waals surface area contributed by atoms with Crippen molar-refractivity contribution in [1.29, 1.82) is 5.26 Å². The average Bonchev–Trinajstić information content (AvgIpc) is 2.47. The van der Waals surface area contributed by atoms with Crippen LogP contribution in [0.2, 0.25) is 0 Å². The van der Waals surface area contributed by atoms with Crippen molar-refractivity contribution in [3.63, 3.8) is 0 Å². The van der Waals surface area contributed by atoms with Gasteiger partial charge in [0.05, 0.1) is 23.6 Å². The van der Waals surface area contributed by atoms with Gasteiger partial charge in [-0.25, -0.2) is 4.79 Å². The topological polar surface area (TPSA) is 90.2 Å². The van der Waals surface area contributed by atoms with Crippen molar-refractivity contribution in [3.05, 3.63) is 65.2 Å². The summed E-state index contributed by atoms with van der Waals surface area (Å²) in [7, 11) is 0. The maximum atomic E-state index is 12.0. The highest BCUT2D eigenvalue weighted by Crippen LogP contribution is 2.13. The number of hydrogen-bond donors (Lipinski definition) is 2. The number of anilines is 1. The minimum atomic E-state index is -1.06. The molecule has 0 atom stereocenters. The summed E-state index contributed by atoms with van der Waals surface area (Å²) in [4.78, 5) is 23.0. The van der Waals surface area contributed by atoms with E-state index in [4.69, 9.17) is 10.4 Å². The molecule has 0 radical (unpaired) electrons. The second-order valence-electron chi connectivity index (χ2n) is 4.38. The molecule has 0 aliphatic heterocycles. The number of carbonyl (C=O) groups is 2. The van der Waals surface area contributed by atoms with E-state index >= 15 is 0 Å². The second kappa shape index (κ2) is 6.35. The van der Waals surface area contributed by atoms with Crippen LogP contribution in [0.4, 0.5) is 5.69 Å². The molecule has 0 aromatic heterocycles. The van der Waals surface area contributed by atoms with E-state index in [0.29, 0.717) is 16.8 Å². The first kappa shape index (κ1) is 14.3. The number of nitriles is 1. The molecule has 5 heteroatoms. The quantitative estimate of drug-likeness (QED) is 0.900. The van der Waals surface area contributed by atoms with Crippen LogP contribution in [0.25, 0.3) is 0 Å². The Hall–Kier alpha value is -3.13. The van der Waals surface area contributed by atoms with Crippen molar-refractivity contribution in [2.45, 2.75) is 6.42 Å². The fourth-order valence-electron chi connectivity index (χ4n) is 1.93. The SMILES string of the molecule is N#Cc1cccc(NC(=O)Cc2ccccc2C(=O)O)c1. The van der Waals surface area contributed by atoms with Crippen LogP contribution in [0.1, 0.15) is 21.5 Å². The minimum Gasteiger partial charge on any atom is -0.478 e. The largest absolute Gasteiger partial charge is 0.478 e. The Morgan fingerprint density at radius 2 is 1.90 bits per heavy atom. The molecule has 0 heterocycles. The van der Waals surface area contributed by atoms with Gasteiger partial charge in [-0.05, 0) is 29.8 Å². The van der Waals surface area contributed by atoms with Crippen LogP contribution in [-0.4, -0.2) is 17.0 Å². The highest BCUT2D eigenvalue weighted by Gasteiger charge is 2.12. The number of carbonyl (C=O) groups excluding carboxylic acids is 1. The third-order valence-corrected chi connectivity index (χ3v) is 2.87. The van der Waals surface area contributed by atoms with Gasteiger partial charge in [-0.1, -0.05) is 24.3 Å². The Bertz CT molecular complexity index is 732. The predicted molar refractivity (Wildman–Crippen MR) is 76.9 cm³/mol. The third-order valence-electron chi connectivity index (χ3n) is 2.87. The van der Waals surface area contributed by atoms with Crippen LogP contribution in [-0.2, 0) is 11.2 Å². The van der Waals surface area contributed by atoms with Crippen molar-refractivity contribution in [3.8, 4) is 6.07 Å². The summed E-state index contributed by atoms with van der Waals surface area (Å²) in [5.41, 5.74) is 1.50. The van der Waals surface area contributed by atoms with Gasteiger partial charge >= 0.3 is 5.97 Å². The average molecular weight is 280 g/mol. The van der Waals surface area contributed by atoms with Gasteiger partial charge in [-0.2, -0.15) is 5.26 Å². The van der Waals surface area contributed by atoms with Gasteiger partial charge in [0, 0.05) is 5.69 Å². The van der Waals surface area contributed by atoms with Crippen LogP contribution in [0.3, 0.4) is 0 Å². The maximum Gasteiger partial charge on any atom is 0.335 e. The Morgan fingerprint density at radius 1 is 1.14 bits per heavy atom. The molecule has 0 saturated carbocycles. The lowest BCUT2D eigenvalue weighted by Crippen LogP contribution is -2.16. The van der Waals surface area contributed by atoms with Crippen molar-refractivity contribution < 1.29 is 14.7 Å². The minimum absolute atomic E-state index is 0.0424. The van der Waals surface area contributed by atoms with Gasteiger partial charge in [0.25, 0.3) is 0 Å². The van der Waals surface area contributed by atoms with Gasteiger partial charge in [-0.3, -0.25) is 4.79 Å². The summed E-state index contributed by atoms with van der Waals surface area (Å²) in [6.45, 7) is 0. The number of hydrogen-bond acceptors (Lipinski definition) is 3. The summed E-state index contributed by atoms with van der Waals surface area (Å²) in [5.74, 6) is -1.40. The lowest BCUT2D eigenvalue weighted by Gasteiger charge is -2.07. The van der Waals surface area contributed by atoms with E-state index in [9.17, 15) is 9.59 Å². The molecule has 0 spiro atoms. The van der Waals surface area contributed by atoms with Gasteiger partial charge in [-0.15, -0.1) is 0 Å². The van der Waals surface area contributed by atoms with E-state index in [1.54, 1.807) is 42.5 Å². The zero-order valence-corrected chi connectivity index (χ0v) is 11.0. The van der Waals surface area contributed by atoms with E-state index in [1.807, 2.05) is 6.07 Å². The van der Waals surface area contributed by atoms with E-state index in [0.717, 1.165) is 0 Å². The second-order valence-corrected chi connectivity index (χ2v) is 4.38. The molecular formula is C16H12N2O3. The molecule has 104 valence electrons. The van der Waals surface area contributed by atoms with E-state index < -0.39 is 5.97 Å². The molecule has 0 bridgehead atoms. The van der Waals surface area contributed by atoms with Crippen LogP contribution < -0.4 is 5.32 Å². The van der Waals surface area contributed by atoms with Gasteiger partial charge in [0.2, 0.25) is 5.91 Å². The van der Waals surface area contributed by atoms with Crippen molar-refractivity contribution in [1.82, 2.24) is 0 Å². The predicted octanol–water partition coefficient (Wildman–Crippen LogP) is 2.44. The summed E-state index contributed by atoms with van der Waals surface area (Å²) in [6, 6.07) is 14.9. The summed E-state index contributed by atoms with van der Waals surface area (Å²) in [6.07, 6.45) is -0.0424. The molecule has 0 aliphatic rings. The number of nitrogens with zero attached hydrogens (tertiary/aromatic N) is 1. The fraction of sp³-hybridized carbons (Fsp3) is 0.0625. The van der Waals surface area contributed by atoms with Crippen LogP contribution in [0.15, 0.2) is 48.5 Å². The van der Waals surface area contributed by atoms with E-state index in [-0.39, 0.29) is 17.9 Å². The number of carboxylic acids is 1. The Morgan fingerprint density at radius 3 is 2.62 bits per heavy atom. The number of rotatable bonds is 4. The number of benzene rings is 2. The lowest BCUT2D eigenvalue weighted by molar-refractivity contribution is -0.115. The zero-order valence-electron chi connectivity index (χ0n) is 11.0. The van der Waals surface area contributed by atoms with Crippen molar-refractivity contribution >= 4 is 17.6 Å². The molecule has 5 nitrogen and oxygen atoms in total. The molecule has 2 aromatic rings. The highest BCUT2D eigenvalue weighted by atomic mass is 16.4. The zero-order chi connectivity index (χ0) is 15.2. The molecule has 1 amide bonds. The molecule has 0 aliphatic carbocycles. The first-order chi connectivity index (χ1) is 10.1. The Labute approximate surface area is 121 Å². The van der Waals surface area contributed by atoms with Gasteiger partial charge in [0.15, 0.2) is 0 Å². The standard InChI is InChI=1S/C16H12N2O3/c17-10-11-4-3-6-13(8-11)18-15(19)9-12-5-1-2-7-14(12)16(20)21/h1-8H,9H2,(H,18,19)(H,20,21). The lowest BCUT2D eigenvalue weighted by atomic mass is 10.0. The van der Waals surface area contributed by atoms with Gasteiger partial charge < -0.3 is 10.4 Å². The Balaban J connectivity index is 2.12. The molecular weight excluding hydrogens is 268 g/mol. The van der Waals surface area contributed by atoms with Crippen LogP contribution in [0.5, 0.6) is 0 Å². The highest BCUT2D eigenvalue weighted by molar-refractivity contribution is 5.96. The molecule has 0 fully saturated rings.